The van der Waals surface area contributed by atoms with E-state index in [0.29, 0.717) is 17.3 Å². The Balaban J connectivity index is 1.72. The predicted molar refractivity (Wildman–Crippen MR) is 88.5 cm³/mol. The summed E-state index contributed by atoms with van der Waals surface area (Å²) in [6, 6.07) is 18.9. The molecule has 1 aromatic heterocycles. The quantitative estimate of drug-likeness (QED) is 0.639. The van der Waals surface area contributed by atoms with Gasteiger partial charge in [0.2, 0.25) is 0 Å². The monoisotopic (exact) mass is 317 g/mol. The van der Waals surface area contributed by atoms with Crippen LogP contribution in [0.15, 0.2) is 60.7 Å². The second kappa shape index (κ2) is 6.29. The van der Waals surface area contributed by atoms with Crippen LogP contribution in [0.2, 0.25) is 5.02 Å². The van der Waals surface area contributed by atoms with Crippen LogP contribution in [0.4, 0.5) is 10.1 Å². The van der Waals surface area contributed by atoms with Gasteiger partial charge in [0.25, 0.3) is 0 Å². The Kier molecular flexibility index (Phi) is 4.23. The van der Waals surface area contributed by atoms with E-state index in [2.05, 4.69) is 29.6 Å². The summed E-state index contributed by atoms with van der Waals surface area (Å²) < 4.78 is 13.6. The Morgan fingerprint density at radius 2 is 1.81 bits per heavy atom. The van der Waals surface area contributed by atoms with E-state index in [1.165, 1.54) is 16.5 Å². The maximum absolute atomic E-state index is 13.6. The molecule has 0 saturated carbocycles. The van der Waals surface area contributed by atoms with E-state index in [0.717, 1.165) is 4.88 Å². The molecule has 4 heteroatoms. The highest BCUT2D eigenvalue weighted by molar-refractivity contribution is 7.15. The fourth-order valence-electron chi connectivity index (χ4n) is 2.05. The third-order valence-electron chi connectivity index (χ3n) is 3.10. The molecule has 106 valence electrons. The zero-order chi connectivity index (χ0) is 14.7. The van der Waals surface area contributed by atoms with Gasteiger partial charge in [-0.15, -0.1) is 11.3 Å². The van der Waals surface area contributed by atoms with Gasteiger partial charge in [-0.3, -0.25) is 0 Å². The van der Waals surface area contributed by atoms with Gasteiger partial charge in [0.05, 0.1) is 5.69 Å². The van der Waals surface area contributed by atoms with Gasteiger partial charge in [-0.1, -0.05) is 41.9 Å². The molecule has 0 bridgehead atoms. The van der Waals surface area contributed by atoms with Crippen LogP contribution in [-0.2, 0) is 6.54 Å². The smallest absolute Gasteiger partial charge is 0.146 e. The van der Waals surface area contributed by atoms with Crippen LogP contribution in [-0.4, -0.2) is 0 Å². The summed E-state index contributed by atoms with van der Waals surface area (Å²) in [5.41, 5.74) is 1.62. The molecule has 0 unspecified atom stereocenters. The van der Waals surface area contributed by atoms with Crippen molar-refractivity contribution < 1.29 is 4.39 Å². The fourth-order valence-corrected chi connectivity index (χ4v) is 3.17. The zero-order valence-corrected chi connectivity index (χ0v) is 12.7. The maximum atomic E-state index is 13.6. The van der Waals surface area contributed by atoms with E-state index in [1.54, 1.807) is 23.5 Å². The standard InChI is InChI=1S/C17H13ClFNS/c18-13-6-8-15(19)16(10-13)20-11-14-7-9-17(21-14)12-4-2-1-3-5-12/h1-10,20H,11H2. The molecule has 0 atom stereocenters. The van der Waals surface area contributed by atoms with Gasteiger partial charge < -0.3 is 5.32 Å². The largest absolute Gasteiger partial charge is 0.378 e. The molecule has 21 heavy (non-hydrogen) atoms. The second-order valence-electron chi connectivity index (χ2n) is 4.61. The van der Waals surface area contributed by atoms with Crippen molar-refractivity contribution >= 4 is 28.6 Å². The molecular weight excluding hydrogens is 305 g/mol. The van der Waals surface area contributed by atoms with Crippen molar-refractivity contribution in [1.29, 1.82) is 0 Å². The van der Waals surface area contributed by atoms with Crippen molar-refractivity contribution in [1.82, 2.24) is 0 Å². The van der Waals surface area contributed by atoms with Crippen molar-refractivity contribution in [2.75, 3.05) is 5.32 Å². The number of benzene rings is 2. The van der Waals surface area contributed by atoms with Gasteiger partial charge >= 0.3 is 0 Å². The lowest BCUT2D eigenvalue weighted by Gasteiger charge is -2.06. The van der Waals surface area contributed by atoms with Crippen molar-refractivity contribution in [3.05, 3.63) is 76.4 Å². The maximum Gasteiger partial charge on any atom is 0.146 e. The van der Waals surface area contributed by atoms with Crippen LogP contribution in [0.25, 0.3) is 10.4 Å². The van der Waals surface area contributed by atoms with Crippen molar-refractivity contribution in [3.8, 4) is 10.4 Å². The minimum Gasteiger partial charge on any atom is -0.378 e. The van der Waals surface area contributed by atoms with E-state index in [4.69, 9.17) is 11.6 Å². The Hall–Kier alpha value is -1.84. The van der Waals surface area contributed by atoms with Crippen LogP contribution in [0, 0.1) is 5.82 Å². The number of nitrogens with one attached hydrogen (secondary N) is 1. The Morgan fingerprint density at radius 3 is 2.62 bits per heavy atom. The highest BCUT2D eigenvalue weighted by atomic mass is 35.5. The van der Waals surface area contributed by atoms with Gasteiger partial charge in [0.15, 0.2) is 0 Å². The Labute approximate surface area is 132 Å². The number of halogens is 2. The fraction of sp³-hybridized carbons (Fsp3) is 0.0588. The molecule has 0 fully saturated rings. The van der Waals surface area contributed by atoms with Gasteiger partial charge in [-0.2, -0.15) is 0 Å². The molecule has 0 aliphatic carbocycles. The van der Waals surface area contributed by atoms with Crippen LogP contribution >= 0.6 is 22.9 Å². The molecule has 1 nitrogen and oxygen atoms in total. The third-order valence-corrected chi connectivity index (χ3v) is 4.47. The first-order chi connectivity index (χ1) is 10.2. The van der Waals surface area contributed by atoms with Crippen molar-refractivity contribution in [2.24, 2.45) is 0 Å². The molecule has 1 N–H and O–H groups in total. The van der Waals surface area contributed by atoms with Gasteiger partial charge in [-0.25, -0.2) is 4.39 Å². The highest BCUT2D eigenvalue weighted by Gasteiger charge is 2.05. The topological polar surface area (TPSA) is 12.0 Å². The second-order valence-corrected chi connectivity index (χ2v) is 6.21. The number of thiophene rings is 1. The summed E-state index contributed by atoms with van der Waals surface area (Å²) in [6.45, 7) is 0.578. The molecule has 3 rings (SSSR count). The lowest BCUT2D eigenvalue weighted by molar-refractivity contribution is 0.630. The average Bonchev–Trinajstić information content (AvgIpc) is 2.98. The molecule has 3 aromatic rings. The molecule has 0 saturated heterocycles. The van der Waals surface area contributed by atoms with E-state index >= 15 is 0 Å². The van der Waals surface area contributed by atoms with Crippen LogP contribution in [0.3, 0.4) is 0 Å². The summed E-state index contributed by atoms with van der Waals surface area (Å²) >= 11 is 7.58. The Bertz CT molecular complexity index is 740. The first-order valence-electron chi connectivity index (χ1n) is 6.55. The first kappa shape index (κ1) is 14.1. The van der Waals surface area contributed by atoms with Crippen molar-refractivity contribution in [3.63, 3.8) is 0 Å². The van der Waals surface area contributed by atoms with E-state index in [1.807, 2.05) is 18.2 Å². The summed E-state index contributed by atoms with van der Waals surface area (Å²) in [6.07, 6.45) is 0. The predicted octanol–water partition coefficient (Wildman–Crippen LogP) is 5.82. The summed E-state index contributed by atoms with van der Waals surface area (Å²) in [7, 11) is 0. The normalized spacial score (nSPS) is 10.6. The molecule has 0 aliphatic rings. The van der Waals surface area contributed by atoms with Gasteiger partial charge in [-0.05, 0) is 35.9 Å². The molecule has 1 heterocycles. The van der Waals surface area contributed by atoms with Crippen LogP contribution in [0.5, 0.6) is 0 Å². The lowest BCUT2D eigenvalue weighted by atomic mass is 10.2. The minimum atomic E-state index is -0.292. The minimum absolute atomic E-state index is 0.292. The van der Waals surface area contributed by atoms with Gasteiger partial charge in [0.1, 0.15) is 5.82 Å². The van der Waals surface area contributed by atoms with Crippen LogP contribution < -0.4 is 5.32 Å². The highest BCUT2D eigenvalue weighted by Crippen LogP contribution is 2.28. The molecule has 0 aliphatic heterocycles. The zero-order valence-electron chi connectivity index (χ0n) is 11.1. The molecule has 0 spiro atoms. The van der Waals surface area contributed by atoms with E-state index < -0.39 is 0 Å². The number of rotatable bonds is 4. The molecule has 0 amide bonds. The van der Waals surface area contributed by atoms with E-state index in [9.17, 15) is 4.39 Å². The summed E-state index contributed by atoms with van der Waals surface area (Å²) in [4.78, 5) is 2.35. The summed E-state index contributed by atoms with van der Waals surface area (Å²) in [5, 5.41) is 3.61. The molecule has 0 radical (unpaired) electrons. The average molecular weight is 318 g/mol. The molecule has 2 aromatic carbocycles. The Morgan fingerprint density at radius 1 is 1.00 bits per heavy atom. The number of anilines is 1. The van der Waals surface area contributed by atoms with E-state index in [-0.39, 0.29) is 5.82 Å². The molecular formula is C17H13ClFNS. The third kappa shape index (κ3) is 3.43. The first-order valence-corrected chi connectivity index (χ1v) is 7.75. The summed E-state index contributed by atoms with van der Waals surface area (Å²) in [5.74, 6) is -0.292. The lowest BCUT2D eigenvalue weighted by Crippen LogP contribution is -1.99. The number of hydrogen-bond acceptors (Lipinski definition) is 2. The van der Waals surface area contributed by atoms with Gasteiger partial charge in [0, 0.05) is 21.3 Å². The van der Waals surface area contributed by atoms with Crippen LogP contribution in [0.1, 0.15) is 4.88 Å². The van der Waals surface area contributed by atoms with Crippen molar-refractivity contribution in [2.45, 2.75) is 6.54 Å². The number of hydrogen-bond donors (Lipinski definition) is 1. The SMILES string of the molecule is Fc1ccc(Cl)cc1NCc1ccc(-c2ccccc2)s1.